The molecule has 1 nitrogen and oxygen atoms in total. The lowest BCUT2D eigenvalue weighted by Crippen LogP contribution is -2.12. The van der Waals surface area contributed by atoms with E-state index in [4.69, 9.17) is 0 Å². The third kappa shape index (κ3) is 2.03. The smallest absolute Gasteiger partial charge is 0.124 e. The SMILES string of the molecule is C[C@H]1CNSc2cc(F)ccc2C1. The molecule has 13 heavy (non-hydrogen) atoms. The van der Waals surface area contributed by atoms with Gasteiger partial charge in [0.15, 0.2) is 0 Å². The minimum absolute atomic E-state index is 0.150. The fourth-order valence-corrected chi connectivity index (χ4v) is 2.48. The Kier molecular flexibility index (Phi) is 2.56. The zero-order valence-electron chi connectivity index (χ0n) is 7.51. The van der Waals surface area contributed by atoms with Gasteiger partial charge in [0.2, 0.25) is 0 Å². The highest BCUT2D eigenvalue weighted by atomic mass is 32.2. The molecule has 1 aliphatic heterocycles. The van der Waals surface area contributed by atoms with E-state index < -0.39 is 0 Å². The largest absolute Gasteiger partial charge is 0.260 e. The van der Waals surface area contributed by atoms with Gasteiger partial charge in [-0.05, 0) is 42.0 Å². The van der Waals surface area contributed by atoms with Crippen molar-refractivity contribution in [2.45, 2.75) is 18.2 Å². The number of hydrogen-bond acceptors (Lipinski definition) is 2. The van der Waals surface area contributed by atoms with Crippen LogP contribution in [0.5, 0.6) is 0 Å². The van der Waals surface area contributed by atoms with Crippen molar-refractivity contribution in [3.05, 3.63) is 29.6 Å². The first-order valence-electron chi connectivity index (χ1n) is 4.44. The molecule has 2 rings (SSSR count). The van der Waals surface area contributed by atoms with Crippen LogP contribution in [0.4, 0.5) is 4.39 Å². The van der Waals surface area contributed by atoms with E-state index in [9.17, 15) is 4.39 Å². The standard InChI is InChI=1S/C10H12FNS/c1-7-4-8-2-3-9(11)5-10(8)13-12-6-7/h2-3,5,7,12H,4,6H2,1H3/t7-/m1/s1. The van der Waals surface area contributed by atoms with Crippen molar-refractivity contribution in [3.8, 4) is 0 Å². The van der Waals surface area contributed by atoms with Crippen LogP contribution in [0.25, 0.3) is 0 Å². The van der Waals surface area contributed by atoms with E-state index >= 15 is 0 Å². The molecule has 0 spiro atoms. The van der Waals surface area contributed by atoms with Crippen molar-refractivity contribution in [2.75, 3.05) is 6.54 Å². The minimum atomic E-state index is -0.150. The van der Waals surface area contributed by atoms with E-state index in [1.807, 2.05) is 6.07 Å². The van der Waals surface area contributed by atoms with Crippen LogP contribution in [0.2, 0.25) is 0 Å². The number of rotatable bonds is 0. The minimum Gasteiger partial charge on any atom is -0.260 e. The maximum absolute atomic E-state index is 12.9. The third-order valence-electron chi connectivity index (χ3n) is 2.21. The summed E-state index contributed by atoms with van der Waals surface area (Å²) in [6.45, 7) is 3.19. The van der Waals surface area contributed by atoms with Gasteiger partial charge in [0.25, 0.3) is 0 Å². The number of hydrogen-bond donors (Lipinski definition) is 1. The van der Waals surface area contributed by atoms with E-state index in [2.05, 4.69) is 11.6 Å². The van der Waals surface area contributed by atoms with Crippen LogP contribution in [0.3, 0.4) is 0 Å². The predicted molar refractivity (Wildman–Crippen MR) is 53.1 cm³/mol. The molecule has 1 aromatic rings. The van der Waals surface area contributed by atoms with Crippen LogP contribution < -0.4 is 4.72 Å². The molecule has 1 heterocycles. The topological polar surface area (TPSA) is 12.0 Å². The van der Waals surface area contributed by atoms with Crippen molar-refractivity contribution in [2.24, 2.45) is 5.92 Å². The number of nitrogens with one attached hydrogen (secondary N) is 1. The molecule has 0 aliphatic carbocycles. The molecule has 0 amide bonds. The lowest BCUT2D eigenvalue weighted by molar-refractivity contribution is 0.575. The molecule has 0 saturated heterocycles. The number of halogens is 1. The molecule has 70 valence electrons. The van der Waals surface area contributed by atoms with Gasteiger partial charge in [0, 0.05) is 11.4 Å². The number of benzene rings is 1. The summed E-state index contributed by atoms with van der Waals surface area (Å²) in [5.41, 5.74) is 1.25. The van der Waals surface area contributed by atoms with Gasteiger partial charge >= 0.3 is 0 Å². The van der Waals surface area contributed by atoms with Crippen LogP contribution in [-0.2, 0) is 6.42 Å². The molecule has 0 unspecified atom stereocenters. The molecular weight excluding hydrogens is 185 g/mol. The highest BCUT2D eigenvalue weighted by molar-refractivity contribution is 7.97. The summed E-state index contributed by atoms with van der Waals surface area (Å²) in [6.07, 6.45) is 1.04. The van der Waals surface area contributed by atoms with Gasteiger partial charge in [-0.25, -0.2) is 4.39 Å². The third-order valence-corrected chi connectivity index (χ3v) is 3.12. The second kappa shape index (κ2) is 3.68. The van der Waals surface area contributed by atoms with Gasteiger partial charge in [-0.3, -0.25) is 4.72 Å². The van der Waals surface area contributed by atoms with Gasteiger partial charge in [0.05, 0.1) is 0 Å². The maximum Gasteiger partial charge on any atom is 0.124 e. The Bertz CT molecular complexity index is 314. The van der Waals surface area contributed by atoms with Gasteiger partial charge in [-0.2, -0.15) is 0 Å². The molecule has 0 saturated carbocycles. The molecule has 0 fully saturated rings. The number of fused-ring (bicyclic) bond motifs is 1. The predicted octanol–water partition coefficient (Wildman–Crippen LogP) is 2.61. The first-order chi connectivity index (χ1) is 6.25. The Morgan fingerprint density at radius 3 is 3.23 bits per heavy atom. The highest BCUT2D eigenvalue weighted by Crippen LogP contribution is 2.26. The Balaban J connectivity index is 2.34. The summed E-state index contributed by atoms with van der Waals surface area (Å²) in [6, 6.07) is 5.03. The van der Waals surface area contributed by atoms with Gasteiger partial charge in [-0.15, -0.1) is 0 Å². The molecule has 1 aliphatic rings. The summed E-state index contributed by atoms with van der Waals surface area (Å²) >= 11 is 1.54. The maximum atomic E-state index is 12.9. The van der Waals surface area contributed by atoms with Crippen molar-refractivity contribution >= 4 is 11.9 Å². The average Bonchev–Trinajstić information content (AvgIpc) is 2.25. The van der Waals surface area contributed by atoms with Crippen molar-refractivity contribution in [3.63, 3.8) is 0 Å². The summed E-state index contributed by atoms with van der Waals surface area (Å²) in [5, 5.41) is 0. The summed E-state index contributed by atoms with van der Waals surface area (Å²) in [4.78, 5) is 1.03. The molecule has 0 aromatic heterocycles. The Hall–Kier alpha value is -0.540. The van der Waals surface area contributed by atoms with Crippen molar-refractivity contribution in [1.29, 1.82) is 0 Å². The van der Waals surface area contributed by atoms with E-state index in [-0.39, 0.29) is 5.82 Å². The van der Waals surface area contributed by atoms with Crippen molar-refractivity contribution in [1.82, 2.24) is 4.72 Å². The summed E-state index contributed by atoms with van der Waals surface area (Å²) in [7, 11) is 0. The van der Waals surface area contributed by atoms with E-state index in [1.54, 1.807) is 6.07 Å². The van der Waals surface area contributed by atoms with Crippen LogP contribution in [0.15, 0.2) is 23.1 Å². The molecule has 3 heteroatoms. The molecule has 1 aromatic carbocycles. The Morgan fingerprint density at radius 2 is 2.38 bits per heavy atom. The first kappa shape index (κ1) is 9.03. The van der Waals surface area contributed by atoms with Gasteiger partial charge in [0.1, 0.15) is 5.82 Å². The second-order valence-corrected chi connectivity index (χ2v) is 4.44. The quantitative estimate of drug-likeness (QED) is 0.642. The zero-order valence-corrected chi connectivity index (χ0v) is 8.33. The van der Waals surface area contributed by atoms with Gasteiger partial charge in [-0.1, -0.05) is 13.0 Å². The highest BCUT2D eigenvalue weighted by Gasteiger charge is 2.13. The molecule has 0 radical (unpaired) electrons. The van der Waals surface area contributed by atoms with Crippen LogP contribution in [-0.4, -0.2) is 6.54 Å². The Morgan fingerprint density at radius 1 is 1.54 bits per heavy atom. The summed E-state index contributed by atoms with van der Waals surface area (Å²) in [5.74, 6) is 0.474. The lowest BCUT2D eigenvalue weighted by atomic mass is 10.0. The fraction of sp³-hybridized carbons (Fsp3) is 0.400. The molecule has 0 bridgehead atoms. The lowest BCUT2D eigenvalue weighted by Gasteiger charge is -2.06. The van der Waals surface area contributed by atoms with Crippen LogP contribution in [0.1, 0.15) is 12.5 Å². The fourth-order valence-electron chi connectivity index (χ4n) is 1.50. The normalized spacial score (nSPS) is 22.2. The summed E-state index contributed by atoms with van der Waals surface area (Å²) < 4.78 is 16.1. The van der Waals surface area contributed by atoms with E-state index in [1.165, 1.54) is 23.6 Å². The second-order valence-electron chi connectivity index (χ2n) is 3.51. The molecule has 1 N–H and O–H groups in total. The van der Waals surface area contributed by atoms with Crippen LogP contribution in [0, 0.1) is 11.7 Å². The zero-order chi connectivity index (χ0) is 9.26. The average molecular weight is 197 g/mol. The monoisotopic (exact) mass is 197 g/mol. The Labute approximate surface area is 81.9 Å². The molecular formula is C10H12FNS. The molecule has 1 atom stereocenters. The van der Waals surface area contributed by atoms with Crippen molar-refractivity contribution < 1.29 is 4.39 Å². The van der Waals surface area contributed by atoms with E-state index in [0.29, 0.717) is 5.92 Å². The van der Waals surface area contributed by atoms with Gasteiger partial charge < -0.3 is 0 Å². The van der Waals surface area contributed by atoms with E-state index in [0.717, 1.165) is 17.9 Å². The first-order valence-corrected chi connectivity index (χ1v) is 5.25. The van der Waals surface area contributed by atoms with Crippen LogP contribution >= 0.6 is 11.9 Å².